The van der Waals surface area contributed by atoms with Gasteiger partial charge in [0.05, 0.1) is 11.4 Å². The third-order valence-electron chi connectivity index (χ3n) is 4.81. The van der Waals surface area contributed by atoms with Crippen LogP contribution in [0.15, 0.2) is 30.5 Å². The van der Waals surface area contributed by atoms with Gasteiger partial charge in [-0.1, -0.05) is 0 Å². The van der Waals surface area contributed by atoms with Crippen molar-refractivity contribution in [3.63, 3.8) is 0 Å². The molecule has 2 aromatic rings. The molecule has 2 N–H and O–H groups in total. The molecule has 1 amide bonds. The van der Waals surface area contributed by atoms with Gasteiger partial charge in [0.2, 0.25) is 5.91 Å². The fourth-order valence-electron chi connectivity index (χ4n) is 3.18. The van der Waals surface area contributed by atoms with E-state index in [0.717, 1.165) is 49.3 Å². The zero-order chi connectivity index (χ0) is 17.6. The standard InChI is InChI=1S/C19H25FN4O.ClH/c1-14-16(13-24(23-14)18-5-3-17(20)4-6-18)12-22-19(25)7-2-15-8-10-21-11-9-15;/h3-6,13,15,21H,2,7-12H2,1H3,(H,22,25);1H. The third-order valence-corrected chi connectivity index (χ3v) is 4.81. The number of carbonyl (C=O) groups excluding carboxylic acids is 1. The van der Waals surface area contributed by atoms with Gasteiger partial charge in [-0.2, -0.15) is 5.10 Å². The van der Waals surface area contributed by atoms with Crippen LogP contribution >= 0.6 is 12.4 Å². The molecule has 1 aromatic heterocycles. The van der Waals surface area contributed by atoms with Gasteiger partial charge in [0.15, 0.2) is 0 Å². The smallest absolute Gasteiger partial charge is 0.220 e. The highest BCUT2D eigenvalue weighted by atomic mass is 35.5. The molecule has 0 radical (unpaired) electrons. The summed E-state index contributed by atoms with van der Waals surface area (Å²) in [4.78, 5) is 12.1. The van der Waals surface area contributed by atoms with Crippen LogP contribution in [0.25, 0.3) is 5.69 Å². The van der Waals surface area contributed by atoms with Crippen LogP contribution in [0.4, 0.5) is 4.39 Å². The number of nitrogens with one attached hydrogen (secondary N) is 2. The molecular weight excluding hydrogens is 355 g/mol. The van der Waals surface area contributed by atoms with Gasteiger partial charge in [-0.05, 0) is 69.5 Å². The van der Waals surface area contributed by atoms with Crippen molar-refractivity contribution in [2.24, 2.45) is 5.92 Å². The Balaban J connectivity index is 0.00000243. The van der Waals surface area contributed by atoms with Crippen molar-refractivity contribution in [2.45, 2.75) is 39.2 Å². The summed E-state index contributed by atoms with van der Waals surface area (Å²) in [5, 5.41) is 10.8. The topological polar surface area (TPSA) is 59.0 Å². The van der Waals surface area contributed by atoms with E-state index in [-0.39, 0.29) is 24.1 Å². The highest BCUT2D eigenvalue weighted by Gasteiger charge is 2.15. The fourth-order valence-corrected chi connectivity index (χ4v) is 3.18. The molecular formula is C19H26ClFN4O. The summed E-state index contributed by atoms with van der Waals surface area (Å²) in [5.74, 6) is 0.483. The first-order valence-electron chi connectivity index (χ1n) is 8.90. The SMILES string of the molecule is Cc1nn(-c2ccc(F)cc2)cc1CNC(=O)CCC1CCNCC1.Cl. The summed E-state index contributed by atoms with van der Waals surface area (Å²) in [6.45, 7) is 4.51. The van der Waals surface area contributed by atoms with E-state index in [1.807, 2.05) is 13.1 Å². The molecule has 1 fully saturated rings. The molecule has 3 rings (SSSR count). The van der Waals surface area contributed by atoms with Crippen LogP contribution in [-0.4, -0.2) is 28.8 Å². The molecule has 142 valence electrons. The lowest BCUT2D eigenvalue weighted by atomic mass is 9.93. The minimum atomic E-state index is -0.270. The Labute approximate surface area is 159 Å². The maximum Gasteiger partial charge on any atom is 0.220 e. The fraction of sp³-hybridized carbons (Fsp3) is 0.474. The van der Waals surface area contributed by atoms with Crippen molar-refractivity contribution in [3.05, 3.63) is 47.5 Å². The summed E-state index contributed by atoms with van der Waals surface area (Å²) in [6.07, 6.45) is 5.75. The number of aromatic nitrogens is 2. The number of carbonyl (C=O) groups is 1. The Bertz CT molecular complexity index is 711. The third kappa shape index (κ3) is 5.54. The Hall–Kier alpha value is -1.92. The Morgan fingerprint density at radius 2 is 2.00 bits per heavy atom. The van der Waals surface area contributed by atoms with Crippen LogP contribution in [0, 0.1) is 18.7 Å². The van der Waals surface area contributed by atoms with Crippen LogP contribution < -0.4 is 10.6 Å². The minimum absolute atomic E-state index is 0. The molecule has 0 saturated carbocycles. The van der Waals surface area contributed by atoms with Crippen LogP contribution in [0.5, 0.6) is 0 Å². The van der Waals surface area contributed by atoms with E-state index >= 15 is 0 Å². The van der Waals surface area contributed by atoms with Crippen molar-refractivity contribution in [3.8, 4) is 5.69 Å². The number of hydrogen-bond acceptors (Lipinski definition) is 3. The molecule has 1 aliphatic rings. The second kappa shape index (κ2) is 9.69. The molecule has 1 aromatic carbocycles. The van der Waals surface area contributed by atoms with Gasteiger partial charge < -0.3 is 10.6 Å². The van der Waals surface area contributed by atoms with Gasteiger partial charge in [-0.3, -0.25) is 4.79 Å². The second-order valence-corrected chi connectivity index (χ2v) is 6.67. The van der Waals surface area contributed by atoms with Crippen molar-refractivity contribution in [1.29, 1.82) is 0 Å². The average Bonchev–Trinajstić information content (AvgIpc) is 3.00. The molecule has 0 atom stereocenters. The average molecular weight is 381 g/mol. The van der Waals surface area contributed by atoms with Gasteiger partial charge in [0.1, 0.15) is 5.82 Å². The van der Waals surface area contributed by atoms with Crippen LogP contribution in [0.3, 0.4) is 0 Å². The predicted molar refractivity (Wildman–Crippen MR) is 102 cm³/mol. The summed E-state index contributed by atoms with van der Waals surface area (Å²) in [6, 6.07) is 6.19. The first-order valence-corrected chi connectivity index (χ1v) is 8.90. The van der Waals surface area contributed by atoms with Crippen molar-refractivity contribution in [2.75, 3.05) is 13.1 Å². The first kappa shape index (κ1) is 20.4. The molecule has 7 heteroatoms. The van der Waals surface area contributed by atoms with Crippen molar-refractivity contribution in [1.82, 2.24) is 20.4 Å². The lowest BCUT2D eigenvalue weighted by Gasteiger charge is -2.22. The Kier molecular flexibility index (Phi) is 7.60. The van der Waals surface area contributed by atoms with E-state index in [9.17, 15) is 9.18 Å². The molecule has 1 saturated heterocycles. The van der Waals surface area contributed by atoms with E-state index < -0.39 is 0 Å². The monoisotopic (exact) mass is 380 g/mol. The zero-order valence-electron chi connectivity index (χ0n) is 15.0. The quantitative estimate of drug-likeness (QED) is 0.809. The van der Waals surface area contributed by atoms with Gasteiger partial charge in [0, 0.05) is 24.7 Å². The number of amides is 1. The Morgan fingerprint density at radius 1 is 1.31 bits per heavy atom. The molecule has 0 unspecified atom stereocenters. The molecule has 0 bridgehead atoms. The summed E-state index contributed by atoms with van der Waals surface area (Å²) < 4.78 is 14.7. The minimum Gasteiger partial charge on any atom is -0.352 e. The number of aryl methyl sites for hydroxylation is 1. The van der Waals surface area contributed by atoms with E-state index in [1.165, 1.54) is 12.1 Å². The maximum absolute atomic E-state index is 13.0. The number of halogens is 2. The Morgan fingerprint density at radius 3 is 2.69 bits per heavy atom. The number of rotatable bonds is 6. The van der Waals surface area contributed by atoms with E-state index in [2.05, 4.69) is 15.7 Å². The predicted octanol–water partition coefficient (Wildman–Crippen LogP) is 3.14. The number of hydrogen-bond donors (Lipinski definition) is 2. The van der Waals surface area contributed by atoms with Crippen LogP contribution in [0.2, 0.25) is 0 Å². The first-order chi connectivity index (χ1) is 12.1. The zero-order valence-corrected chi connectivity index (χ0v) is 15.8. The van der Waals surface area contributed by atoms with E-state index in [1.54, 1.807) is 16.8 Å². The molecule has 2 heterocycles. The normalized spacial score (nSPS) is 14.7. The van der Waals surface area contributed by atoms with Gasteiger partial charge >= 0.3 is 0 Å². The molecule has 0 aliphatic carbocycles. The number of nitrogens with zero attached hydrogens (tertiary/aromatic N) is 2. The van der Waals surface area contributed by atoms with Crippen molar-refractivity contribution >= 4 is 18.3 Å². The van der Waals surface area contributed by atoms with Crippen molar-refractivity contribution < 1.29 is 9.18 Å². The largest absolute Gasteiger partial charge is 0.352 e. The molecule has 1 aliphatic heterocycles. The highest BCUT2D eigenvalue weighted by Crippen LogP contribution is 2.18. The molecule has 0 spiro atoms. The van der Waals surface area contributed by atoms with Crippen LogP contribution in [0.1, 0.15) is 36.9 Å². The highest BCUT2D eigenvalue weighted by molar-refractivity contribution is 5.85. The van der Waals surface area contributed by atoms with Crippen LogP contribution in [-0.2, 0) is 11.3 Å². The lowest BCUT2D eigenvalue weighted by Crippen LogP contribution is -2.29. The van der Waals surface area contributed by atoms with Gasteiger partial charge in [-0.15, -0.1) is 12.4 Å². The van der Waals surface area contributed by atoms with Gasteiger partial charge in [0.25, 0.3) is 0 Å². The number of benzene rings is 1. The van der Waals surface area contributed by atoms with Gasteiger partial charge in [-0.25, -0.2) is 9.07 Å². The maximum atomic E-state index is 13.0. The summed E-state index contributed by atoms with van der Waals surface area (Å²) >= 11 is 0. The molecule has 26 heavy (non-hydrogen) atoms. The van der Waals surface area contributed by atoms with E-state index in [0.29, 0.717) is 18.9 Å². The summed E-state index contributed by atoms with van der Waals surface area (Å²) in [5.41, 5.74) is 2.63. The number of piperidine rings is 1. The second-order valence-electron chi connectivity index (χ2n) is 6.67. The lowest BCUT2D eigenvalue weighted by molar-refractivity contribution is -0.121. The molecule has 5 nitrogen and oxygen atoms in total. The van der Waals surface area contributed by atoms with E-state index in [4.69, 9.17) is 0 Å². The summed E-state index contributed by atoms with van der Waals surface area (Å²) in [7, 11) is 0.